The predicted molar refractivity (Wildman–Crippen MR) is 167 cm³/mol. The van der Waals surface area contributed by atoms with Gasteiger partial charge in [-0.1, -0.05) is 78.9 Å². The maximum Gasteiger partial charge on any atom is 0.495 e. The fourth-order valence-electron chi connectivity index (χ4n) is 6.62. The van der Waals surface area contributed by atoms with Crippen LogP contribution in [0.3, 0.4) is 0 Å². The summed E-state index contributed by atoms with van der Waals surface area (Å²) in [6.45, 7) is 8.37. The number of hydrogen-bond acceptors (Lipinski definition) is 3. The Morgan fingerprint density at radius 1 is 0.700 bits per heavy atom. The van der Waals surface area contributed by atoms with E-state index in [2.05, 4.69) is 107 Å². The highest BCUT2D eigenvalue weighted by Crippen LogP contribution is 2.42. The Morgan fingerprint density at radius 3 is 2.27 bits per heavy atom. The first kappa shape index (κ1) is 24.0. The third-order valence-electron chi connectivity index (χ3n) is 9.40. The average molecular weight is 522 g/mol. The van der Waals surface area contributed by atoms with Gasteiger partial charge in [0, 0.05) is 16.3 Å². The van der Waals surface area contributed by atoms with Gasteiger partial charge < -0.3 is 13.7 Å². The van der Waals surface area contributed by atoms with E-state index in [1.165, 1.54) is 32.7 Å². The van der Waals surface area contributed by atoms with Crippen LogP contribution in [0.15, 0.2) is 89.4 Å². The molecule has 3 nitrogen and oxygen atoms in total. The molecule has 5 aromatic carbocycles. The van der Waals surface area contributed by atoms with E-state index in [1.807, 2.05) is 12.1 Å². The van der Waals surface area contributed by atoms with Gasteiger partial charge in [-0.15, -0.1) is 0 Å². The number of rotatable bonds is 2. The molecule has 0 spiro atoms. The zero-order valence-electron chi connectivity index (χ0n) is 23.4. The van der Waals surface area contributed by atoms with Gasteiger partial charge in [0.2, 0.25) is 0 Å². The van der Waals surface area contributed by atoms with Crippen LogP contribution >= 0.6 is 0 Å². The molecule has 6 aromatic rings. The highest BCUT2D eigenvalue weighted by molar-refractivity contribution is 6.66. The van der Waals surface area contributed by atoms with Crippen LogP contribution in [0.1, 0.15) is 45.2 Å². The summed E-state index contributed by atoms with van der Waals surface area (Å²) in [5.41, 5.74) is 7.00. The molecule has 0 unspecified atom stereocenters. The number of benzene rings is 5. The highest BCUT2D eigenvalue weighted by Gasteiger charge is 2.52. The van der Waals surface area contributed by atoms with E-state index in [0.29, 0.717) is 0 Å². The average Bonchev–Trinajstić information content (AvgIpc) is 3.45. The second kappa shape index (κ2) is 8.33. The van der Waals surface area contributed by atoms with Crippen molar-refractivity contribution in [1.82, 2.24) is 0 Å². The molecule has 0 amide bonds. The summed E-state index contributed by atoms with van der Waals surface area (Å²) in [7, 11) is -0.454. The molecule has 1 saturated heterocycles. The third-order valence-corrected chi connectivity index (χ3v) is 9.40. The van der Waals surface area contributed by atoms with Crippen molar-refractivity contribution in [2.75, 3.05) is 0 Å². The first-order valence-corrected chi connectivity index (χ1v) is 14.3. The topological polar surface area (TPSA) is 31.6 Å². The van der Waals surface area contributed by atoms with Gasteiger partial charge in [-0.25, -0.2) is 0 Å². The quantitative estimate of drug-likeness (QED) is 0.168. The highest BCUT2D eigenvalue weighted by atomic mass is 16.7. The molecule has 2 heterocycles. The molecule has 2 aliphatic rings. The van der Waals surface area contributed by atoms with E-state index in [0.717, 1.165) is 51.4 Å². The normalized spacial score (nSPS) is 17.9. The first-order chi connectivity index (χ1) is 19.3. The Bertz CT molecular complexity index is 2010. The molecule has 1 aliphatic carbocycles. The zero-order valence-corrected chi connectivity index (χ0v) is 23.4. The van der Waals surface area contributed by atoms with E-state index in [4.69, 9.17) is 13.7 Å². The lowest BCUT2D eigenvalue weighted by Gasteiger charge is -2.32. The standard InChI is InChI=1S/C36H31BO3/c1-35(2)36(3,4)40-37(39-35)31-17-10-18-32-33(31)29-16-9-15-23(34(29)38-32)22-19-20-28-26-13-6-5-11-24(26)25-12-7-8-14-27(25)30(28)21-22/h6-10,12-21H,5,11H2,1-4H3. The molecule has 0 bridgehead atoms. The van der Waals surface area contributed by atoms with Crippen LogP contribution in [-0.2, 0) is 15.7 Å². The SMILES string of the molecule is CC1(C)OB(c2cccc3oc4c(-c5ccc6c7c(c8ccccc8c6c5)CCC=C7)cccc4c23)OC1(C)C. The molecule has 1 aliphatic heterocycles. The van der Waals surface area contributed by atoms with Gasteiger partial charge >= 0.3 is 7.12 Å². The summed E-state index contributed by atoms with van der Waals surface area (Å²) in [5, 5.41) is 7.41. The van der Waals surface area contributed by atoms with Crippen LogP contribution in [0.25, 0.3) is 60.7 Å². The number of para-hydroxylation sites is 1. The summed E-state index contributed by atoms with van der Waals surface area (Å²) in [4.78, 5) is 0. The number of furan rings is 1. The molecule has 0 N–H and O–H groups in total. The Balaban J connectivity index is 1.35. The zero-order chi connectivity index (χ0) is 27.2. The fraction of sp³-hybridized carbons (Fsp3) is 0.222. The van der Waals surface area contributed by atoms with Crippen molar-refractivity contribution in [3.63, 3.8) is 0 Å². The van der Waals surface area contributed by atoms with Crippen molar-refractivity contribution < 1.29 is 13.7 Å². The van der Waals surface area contributed by atoms with E-state index < -0.39 is 18.3 Å². The van der Waals surface area contributed by atoms with Gasteiger partial charge in [0.25, 0.3) is 0 Å². The molecule has 40 heavy (non-hydrogen) atoms. The number of hydrogen-bond donors (Lipinski definition) is 0. The van der Waals surface area contributed by atoms with Crippen LogP contribution in [0, 0.1) is 0 Å². The van der Waals surface area contributed by atoms with Crippen molar-refractivity contribution in [2.24, 2.45) is 0 Å². The van der Waals surface area contributed by atoms with Crippen molar-refractivity contribution in [3.8, 4) is 11.1 Å². The van der Waals surface area contributed by atoms with Gasteiger partial charge in [0.1, 0.15) is 11.2 Å². The second-order valence-electron chi connectivity index (χ2n) is 12.2. The molecule has 8 rings (SSSR count). The van der Waals surface area contributed by atoms with Gasteiger partial charge in [-0.3, -0.25) is 0 Å². The van der Waals surface area contributed by atoms with Crippen LogP contribution < -0.4 is 5.46 Å². The monoisotopic (exact) mass is 522 g/mol. The van der Waals surface area contributed by atoms with Gasteiger partial charge in [0.05, 0.1) is 11.2 Å². The van der Waals surface area contributed by atoms with Gasteiger partial charge in [-0.2, -0.15) is 0 Å². The molecule has 4 heteroatoms. The molecular weight excluding hydrogens is 491 g/mol. The fourth-order valence-corrected chi connectivity index (χ4v) is 6.62. The third kappa shape index (κ3) is 3.33. The molecule has 1 fully saturated rings. The van der Waals surface area contributed by atoms with E-state index in [-0.39, 0.29) is 0 Å². The van der Waals surface area contributed by atoms with Crippen LogP contribution in [-0.4, -0.2) is 18.3 Å². The first-order valence-electron chi connectivity index (χ1n) is 14.3. The number of aryl methyl sites for hydroxylation is 1. The maximum atomic E-state index is 6.61. The second-order valence-corrected chi connectivity index (χ2v) is 12.2. The summed E-state index contributed by atoms with van der Waals surface area (Å²) < 4.78 is 19.5. The summed E-state index contributed by atoms with van der Waals surface area (Å²) in [6.07, 6.45) is 6.80. The van der Waals surface area contributed by atoms with Crippen LogP contribution in [0.4, 0.5) is 0 Å². The van der Waals surface area contributed by atoms with Crippen molar-refractivity contribution in [1.29, 1.82) is 0 Å². The largest absolute Gasteiger partial charge is 0.495 e. The van der Waals surface area contributed by atoms with Crippen molar-refractivity contribution in [2.45, 2.75) is 51.7 Å². The Morgan fingerprint density at radius 2 is 1.45 bits per heavy atom. The molecule has 0 atom stereocenters. The van der Waals surface area contributed by atoms with Crippen LogP contribution in [0.5, 0.6) is 0 Å². The minimum absolute atomic E-state index is 0.410. The van der Waals surface area contributed by atoms with E-state index in [1.54, 1.807) is 0 Å². The molecule has 1 aromatic heterocycles. The van der Waals surface area contributed by atoms with Gasteiger partial charge in [-0.05, 0) is 96.4 Å². The summed E-state index contributed by atoms with van der Waals surface area (Å²) in [5.74, 6) is 0. The lowest BCUT2D eigenvalue weighted by molar-refractivity contribution is 0.00578. The number of fused-ring (bicyclic) bond motifs is 9. The Hall–Kier alpha value is -3.86. The minimum atomic E-state index is -0.454. The lowest BCUT2D eigenvalue weighted by atomic mass is 9.76. The van der Waals surface area contributed by atoms with Crippen molar-refractivity contribution >= 4 is 62.1 Å². The van der Waals surface area contributed by atoms with Crippen molar-refractivity contribution in [3.05, 3.63) is 96.1 Å². The lowest BCUT2D eigenvalue weighted by Crippen LogP contribution is -2.41. The van der Waals surface area contributed by atoms with E-state index >= 15 is 0 Å². The summed E-state index contributed by atoms with van der Waals surface area (Å²) in [6, 6.07) is 28.4. The number of allylic oxidation sites excluding steroid dienone is 1. The molecule has 0 saturated carbocycles. The minimum Gasteiger partial charge on any atom is -0.455 e. The van der Waals surface area contributed by atoms with Crippen LogP contribution in [0.2, 0.25) is 0 Å². The Kier molecular flexibility index (Phi) is 4.99. The summed E-state index contributed by atoms with van der Waals surface area (Å²) >= 11 is 0. The molecule has 196 valence electrons. The Labute approximate surface area is 234 Å². The maximum absolute atomic E-state index is 6.61. The molecule has 0 radical (unpaired) electrons. The van der Waals surface area contributed by atoms with E-state index in [9.17, 15) is 0 Å². The van der Waals surface area contributed by atoms with Gasteiger partial charge in [0.15, 0.2) is 0 Å². The predicted octanol–water partition coefficient (Wildman–Crippen LogP) is 8.82. The molecular formula is C36H31BO3. The smallest absolute Gasteiger partial charge is 0.455 e.